The molecule has 0 spiro atoms. The molecule has 6 nitrogen and oxygen atoms in total. The normalized spacial score (nSPS) is 18.0. The Hall–Kier alpha value is -3.02. The number of carbonyl (C=O) groups is 2. The summed E-state index contributed by atoms with van der Waals surface area (Å²) in [5, 5.41) is 0. The Kier molecular flexibility index (Phi) is 6.42. The molecular formula is C23H27NO5. The van der Waals surface area contributed by atoms with Gasteiger partial charge in [-0.2, -0.15) is 0 Å². The lowest BCUT2D eigenvalue weighted by Crippen LogP contribution is -2.44. The van der Waals surface area contributed by atoms with Gasteiger partial charge in [-0.1, -0.05) is 24.3 Å². The number of carbonyl (C=O) groups excluding carboxylic acids is 2. The predicted octanol–water partition coefficient (Wildman–Crippen LogP) is 3.72. The fourth-order valence-electron chi connectivity index (χ4n) is 3.97. The second kappa shape index (κ2) is 8.99. The molecule has 0 radical (unpaired) electrons. The molecule has 0 N–H and O–H groups in total. The Bertz CT molecular complexity index is 895. The number of amides is 1. The smallest absolute Gasteiger partial charge is 0.313 e. The van der Waals surface area contributed by atoms with Gasteiger partial charge in [0.1, 0.15) is 0 Å². The number of methoxy groups -OCH3 is 3. The van der Waals surface area contributed by atoms with Crippen LogP contribution in [0, 0.1) is 0 Å². The highest BCUT2D eigenvalue weighted by atomic mass is 16.5. The maximum absolute atomic E-state index is 13.1. The predicted molar refractivity (Wildman–Crippen MR) is 111 cm³/mol. The van der Waals surface area contributed by atoms with Gasteiger partial charge in [0.05, 0.1) is 27.2 Å². The van der Waals surface area contributed by atoms with E-state index in [1.54, 1.807) is 14.2 Å². The molecule has 1 heterocycles. The first-order valence-corrected chi connectivity index (χ1v) is 9.69. The third-order valence-electron chi connectivity index (χ3n) is 5.42. The van der Waals surface area contributed by atoms with E-state index < -0.39 is 0 Å². The van der Waals surface area contributed by atoms with Crippen molar-refractivity contribution in [1.82, 2.24) is 0 Å². The Morgan fingerprint density at radius 3 is 2.45 bits per heavy atom. The van der Waals surface area contributed by atoms with Crippen molar-refractivity contribution >= 4 is 17.6 Å². The lowest BCUT2D eigenvalue weighted by Gasteiger charge is -2.38. The molecule has 154 valence electrons. The van der Waals surface area contributed by atoms with Crippen LogP contribution in [0.4, 0.5) is 5.69 Å². The van der Waals surface area contributed by atoms with Gasteiger partial charge >= 0.3 is 5.97 Å². The standard InChI is InChI=1S/C23H27NO5/c1-15-13-18(23(26)29-4)17-7-5-6-8-19(17)24(15)22(25)12-10-16-9-11-20(27-2)21(14-16)28-3/h5-9,11,14-15,18H,10,12-13H2,1-4H3. The number of para-hydroxylation sites is 1. The molecule has 0 aromatic heterocycles. The molecule has 2 unspecified atom stereocenters. The fourth-order valence-corrected chi connectivity index (χ4v) is 3.97. The highest BCUT2D eigenvalue weighted by Crippen LogP contribution is 2.39. The second-order valence-electron chi connectivity index (χ2n) is 7.17. The molecule has 2 aromatic rings. The monoisotopic (exact) mass is 397 g/mol. The summed E-state index contributed by atoms with van der Waals surface area (Å²) >= 11 is 0. The number of aryl methyl sites for hydroxylation is 1. The van der Waals surface area contributed by atoms with Crippen LogP contribution in [-0.2, 0) is 20.7 Å². The largest absolute Gasteiger partial charge is 0.493 e. The summed E-state index contributed by atoms with van der Waals surface area (Å²) < 4.78 is 15.6. The molecule has 0 fully saturated rings. The van der Waals surface area contributed by atoms with Crippen molar-refractivity contribution < 1.29 is 23.8 Å². The first-order valence-electron chi connectivity index (χ1n) is 9.69. The third-order valence-corrected chi connectivity index (χ3v) is 5.42. The van der Waals surface area contributed by atoms with E-state index in [1.165, 1.54) is 7.11 Å². The second-order valence-corrected chi connectivity index (χ2v) is 7.17. The highest BCUT2D eigenvalue weighted by Gasteiger charge is 2.37. The van der Waals surface area contributed by atoms with Crippen molar-refractivity contribution in [3.05, 3.63) is 53.6 Å². The molecule has 6 heteroatoms. The minimum Gasteiger partial charge on any atom is -0.493 e. The van der Waals surface area contributed by atoms with Crippen molar-refractivity contribution in [1.29, 1.82) is 0 Å². The van der Waals surface area contributed by atoms with Crippen LogP contribution in [-0.4, -0.2) is 39.2 Å². The topological polar surface area (TPSA) is 65.1 Å². The Morgan fingerprint density at radius 1 is 1.03 bits per heavy atom. The van der Waals surface area contributed by atoms with Gasteiger partial charge in [0.2, 0.25) is 5.91 Å². The van der Waals surface area contributed by atoms with Crippen LogP contribution in [0.15, 0.2) is 42.5 Å². The van der Waals surface area contributed by atoms with Crippen molar-refractivity contribution in [2.24, 2.45) is 0 Å². The first-order chi connectivity index (χ1) is 14.0. The Morgan fingerprint density at radius 2 is 1.76 bits per heavy atom. The zero-order valence-electron chi connectivity index (χ0n) is 17.3. The summed E-state index contributed by atoms with van der Waals surface area (Å²) in [5.41, 5.74) is 2.64. The molecule has 0 saturated heterocycles. The summed E-state index contributed by atoms with van der Waals surface area (Å²) in [5.74, 6) is 0.732. The lowest BCUT2D eigenvalue weighted by molar-refractivity contribution is -0.143. The minimum atomic E-state index is -0.346. The van der Waals surface area contributed by atoms with E-state index in [-0.39, 0.29) is 23.8 Å². The van der Waals surface area contributed by atoms with E-state index in [2.05, 4.69) is 0 Å². The number of rotatable bonds is 6. The highest BCUT2D eigenvalue weighted by molar-refractivity contribution is 5.97. The van der Waals surface area contributed by atoms with E-state index in [9.17, 15) is 9.59 Å². The first kappa shape index (κ1) is 20.7. The quantitative estimate of drug-likeness (QED) is 0.695. The van der Waals surface area contributed by atoms with Gasteiger partial charge in [-0.05, 0) is 49.1 Å². The SMILES string of the molecule is COC(=O)C1CC(C)N(C(=O)CCc2ccc(OC)c(OC)c2)c2ccccc21. The van der Waals surface area contributed by atoms with E-state index in [4.69, 9.17) is 14.2 Å². The van der Waals surface area contributed by atoms with Crippen LogP contribution in [0.25, 0.3) is 0 Å². The number of esters is 1. The lowest BCUT2D eigenvalue weighted by atomic mass is 9.85. The molecule has 0 saturated carbocycles. The molecule has 1 aliphatic rings. The molecule has 3 rings (SSSR count). The van der Waals surface area contributed by atoms with Gasteiger partial charge in [0.15, 0.2) is 11.5 Å². The van der Waals surface area contributed by atoms with Crippen LogP contribution in [0.5, 0.6) is 11.5 Å². The number of hydrogen-bond acceptors (Lipinski definition) is 5. The van der Waals surface area contributed by atoms with Crippen molar-refractivity contribution in [2.75, 3.05) is 26.2 Å². The molecule has 0 aliphatic carbocycles. The number of nitrogens with zero attached hydrogens (tertiary/aromatic N) is 1. The molecule has 29 heavy (non-hydrogen) atoms. The number of benzene rings is 2. The molecular weight excluding hydrogens is 370 g/mol. The molecule has 2 atom stereocenters. The molecule has 1 aliphatic heterocycles. The van der Waals surface area contributed by atoms with Crippen LogP contribution in [0.3, 0.4) is 0 Å². The third kappa shape index (κ3) is 4.21. The van der Waals surface area contributed by atoms with Crippen LogP contribution < -0.4 is 14.4 Å². The Balaban J connectivity index is 1.79. The zero-order chi connectivity index (χ0) is 21.0. The number of fused-ring (bicyclic) bond motifs is 1. The average molecular weight is 397 g/mol. The van der Waals surface area contributed by atoms with Crippen LogP contribution in [0.1, 0.15) is 36.8 Å². The minimum absolute atomic E-state index is 0.0306. The van der Waals surface area contributed by atoms with E-state index in [1.807, 2.05) is 54.3 Å². The van der Waals surface area contributed by atoms with Gasteiger partial charge in [0.25, 0.3) is 0 Å². The number of ether oxygens (including phenoxy) is 3. The summed E-state index contributed by atoms with van der Waals surface area (Å²) in [7, 11) is 4.59. The molecule has 0 bridgehead atoms. The maximum atomic E-state index is 13.1. The van der Waals surface area contributed by atoms with Crippen LogP contribution in [0.2, 0.25) is 0 Å². The van der Waals surface area contributed by atoms with E-state index in [0.29, 0.717) is 30.8 Å². The number of anilines is 1. The van der Waals surface area contributed by atoms with Crippen molar-refractivity contribution in [3.8, 4) is 11.5 Å². The van der Waals surface area contributed by atoms with Gasteiger partial charge in [-0.15, -0.1) is 0 Å². The van der Waals surface area contributed by atoms with Crippen molar-refractivity contribution in [3.63, 3.8) is 0 Å². The Labute approximate surface area is 171 Å². The van der Waals surface area contributed by atoms with Gasteiger partial charge in [0, 0.05) is 18.2 Å². The van der Waals surface area contributed by atoms with Gasteiger partial charge < -0.3 is 19.1 Å². The van der Waals surface area contributed by atoms with Gasteiger partial charge in [-0.3, -0.25) is 9.59 Å². The van der Waals surface area contributed by atoms with Gasteiger partial charge in [-0.25, -0.2) is 0 Å². The van der Waals surface area contributed by atoms with E-state index in [0.717, 1.165) is 16.8 Å². The van der Waals surface area contributed by atoms with Crippen molar-refractivity contribution in [2.45, 2.75) is 38.1 Å². The van der Waals surface area contributed by atoms with E-state index >= 15 is 0 Å². The number of hydrogen-bond donors (Lipinski definition) is 0. The summed E-state index contributed by atoms with van der Waals surface area (Å²) in [6.45, 7) is 1.97. The fraction of sp³-hybridized carbons (Fsp3) is 0.391. The summed E-state index contributed by atoms with van der Waals surface area (Å²) in [6, 6.07) is 13.2. The molecule has 1 amide bonds. The maximum Gasteiger partial charge on any atom is 0.313 e. The summed E-state index contributed by atoms with van der Waals surface area (Å²) in [6.07, 6.45) is 1.49. The zero-order valence-corrected chi connectivity index (χ0v) is 17.3. The summed E-state index contributed by atoms with van der Waals surface area (Å²) in [4.78, 5) is 27.2. The average Bonchev–Trinajstić information content (AvgIpc) is 2.76. The van der Waals surface area contributed by atoms with Crippen LogP contribution >= 0.6 is 0 Å². The molecule has 2 aromatic carbocycles.